The van der Waals surface area contributed by atoms with Gasteiger partial charge in [0, 0.05) is 11.5 Å². The van der Waals surface area contributed by atoms with Crippen molar-refractivity contribution >= 4 is 23.2 Å². The molecule has 0 spiro atoms. The van der Waals surface area contributed by atoms with Gasteiger partial charge in [-0.05, 0) is 56.6 Å². The minimum atomic E-state index is -0.637. The summed E-state index contributed by atoms with van der Waals surface area (Å²) in [5.74, 6) is 0.0348. The molecule has 7 heteroatoms. The molecular formula is C18H26N2O4S. The number of carbonyl (C=O) groups is 2. The summed E-state index contributed by atoms with van der Waals surface area (Å²) in [7, 11) is 0. The monoisotopic (exact) mass is 366 g/mol. The number of amides is 2. The smallest absolute Gasteiger partial charge is 0.279 e. The van der Waals surface area contributed by atoms with Crippen LogP contribution in [0.15, 0.2) is 6.07 Å². The molecule has 2 N–H and O–H groups in total. The lowest BCUT2D eigenvalue weighted by Gasteiger charge is -2.16. The Hall–Kier alpha value is -1.44. The molecule has 1 fully saturated rings. The summed E-state index contributed by atoms with van der Waals surface area (Å²) in [6.45, 7) is 5.06. The van der Waals surface area contributed by atoms with E-state index in [0.717, 1.165) is 32.3 Å². The predicted molar refractivity (Wildman–Crippen MR) is 95.5 cm³/mol. The number of hydrogen-bond acceptors (Lipinski definition) is 5. The van der Waals surface area contributed by atoms with Crippen molar-refractivity contribution in [2.24, 2.45) is 5.92 Å². The van der Waals surface area contributed by atoms with Crippen molar-refractivity contribution < 1.29 is 19.1 Å². The molecule has 1 saturated heterocycles. The van der Waals surface area contributed by atoms with Crippen molar-refractivity contribution in [1.29, 1.82) is 0 Å². The molecule has 0 aromatic carbocycles. The molecule has 2 amide bonds. The van der Waals surface area contributed by atoms with Gasteiger partial charge in [-0.1, -0.05) is 6.92 Å². The zero-order chi connectivity index (χ0) is 17.8. The fourth-order valence-electron chi connectivity index (χ4n) is 3.20. The summed E-state index contributed by atoms with van der Waals surface area (Å²) in [6.07, 6.45) is 4.67. The Bertz CT molecular complexity index is 625. The van der Waals surface area contributed by atoms with Crippen LogP contribution in [0.25, 0.3) is 0 Å². The quantitative estimate of drug-likeness (QED) is 0.784. The lowest BCUT2D eigenvalue weighted by molar-refractivity contribution is -0.134. The molecule has 2 heterocycles. The Labute approximate surface area is 152 Å². The van der Waals surface area contributed by atoms with Gasteiger partial charge in [-0.3, -0.25) is 20.4 Å². The second-order valence-corrected chi connectivity index (χ2v) is 8.10. The maximum atomic E-state index is 12.3. The molecule has 1 aromatic rings. The number of fused-ring (bicyclic) bond motifs is 1. The summed E-state index contributed by atoms with van der Waals surface area (Å²) in [4.78, 5) is 26.2. The first-order valence-corrected chi connectivity index (χ1v) is 9.79. The van der Waals surface area contributed by atoms with Crippen molar-refractivity contribution in [3.8, 4) is 0 Å². The molecule has 1 aliphatic carbocycles. The van der Waals surface area contributed by atoms with Gasteiger partial charge in [0.2, 0.25) is 0 Å². The van der Waals surface area contributed by atoms with Crippen LogP contribution in [0.1, 0.15) is 53.2 Å². The van der Waals surface area contributed by atoms with Gasteiger partial charge in [-0.2, -0.15) is 0 Å². The summed E-state index contributed by atoms with van der Waals surface area (Å²) in [5, 5.41) is 0. The van der Waals surface area contributed by atoms with Crippen LogP contribution in [-0.4, -0.2) is 37.2 Å². The highest BCUT2D eigenvalue weighted by Crippen LogP contribution is 2.32. The SMILES string of the molecule is CC1CCc2sc(C(=O)NNC(=O)C(C)OCC3CCCO3)cc2C1. The van der Waals surface area contributed by atoms with E-state index in [1.165, 1.54) is 28.2 Å². The third-order valence-corrected chi connectivity index (χ3v) is 6.01. The van der Waals surface area contributed by atoms with Crippen LogP contribution in [-0.2, 0) is 27.1 Å². The fraction of sp³-hybridized carbons (Fsp3) is 0.667. The van der Waals surface area contributed by atoms with Gasteiger partial charge in [0.1, 0.15) is 6.10 Å². The van der Waals surface area contributed by atoms with E-state index in [9.17, 15) is 9.59 Å². The molecule has 3 atom stereocenters. The van der Waals surface area contributed by atoms with E-state index < -0.39 is 6.10 Å². The Balaban J connectivity index is 1.44. The second-order valence-electron chi connectivity index (χ2n) is 6.96. The minimum Gasteiger partial charge on any atom is -0.376 e. The van der Waals surface area contributed by atoms with Crippen LogP contribution >= 0.6 is 11.3 Å². The zero-order valence-electron chi connectivity index (χ0n) is 14.8. The van der Waals surface area contributed by atoms with E-state index in [4.69, 9.17) is 9.47 Å². The molecule has 1 aromatic heterocycles. The number of nitrogens with one attached hydrogen (secondary N) is 2. The van der Waals surface area contributed by atoms with Crippen LogP contribution in [0.5, 0.6) is 0 Å². The first kappa shape index (κ1) is 18.4. The molecule has 6 nitrogen and oxygen atoms in total. The molecule has 138 valence electrons. The first-order valence-electron chi connectivity index (χ1n) is 8.98. The number of rotatable bonds is 5. The standard InChI is InChI=1S/C18H26N2O4S/c1-11-5-6-15-13(8-11)9-16(25-15)18(22)20-19-17(21)12(2)24-10-14-4-3-7-23-14/h9,11-12,14H,3-8,10H2,1-2H3,(H,19,21)(H,20,22). The van der Waals surface area contributed by atoms with Crippen LogP contribution in [0.4, 0.5) is 0 Å². The molecule has 3 rings (SSSR count). The molecular weight excluding hydrogens is 340 g/mol. The Kier molecular flexibility index (Phi) is 6.09. The lowest BCUT2D eigenvalue weighted by Crippen LogP contribution is -2.46. The van der Waals surface area contributed by atoms with E-state index in [1.807, 2.05) is 6.07 Å². The topological polar surface area (TPSA) is 76.7 Å². The number of hydrogen-bond donors (Lipinski definition) is 2. The summed E-state index contributed by atoms with van der Waals surface area (Å²) < 4.78 is 11.0. The highest BCUT2D eigenvalue weighted by molar-refractivity contribution is 7.14. The number of ether oxygens (including phenoxy) is 2. The van der Waals surface area contributed by atoms with Gasteiger partial charge in [-0.15, -0.1) is 11.3 Å². The van der Waals surface area contributed by atoms with Gasteiger partial charge < -0.3 is 9.47 Å². The van der Waals surface area contributed by atoms with Gasteiger partial charge in [0.15, 0.2) is 0 Å². The van der Waals surface area contributed by atoms with Crippen LogP contribution < -0.4 is 10.9 Å². The van der Waals surface area contributed by atoms with E-state index in [0.29, 0.717) is 17.4 Å². The maximum Gasteiger partial charge on any atom is 0.279 e. The number of thiophene rings is 1. The van der Waals surface area contributed by atoms with Gasteiger partial charge in [0.25, 0.3) is 11.8 Å². The fourth-order valence-corrected chi connectivity index (χ4v) is 4.31. The summed E-state index contributed by atoms with van der Waals surface area (Å²) >= 11 is 1.52. The normalized spacial score (nSPS) is 23.8. The lowest BCUT2D eigenvalue weighted by atomic mass is 9.90. The second kappa shape index (κ2) is 8.29. The summed E-state index contributed by atoms with van der Waals surface area (Å²) in [5.41, 5.74) is 6.21. The molecule has 2 aliphatic rings. The third kappa shape index (κ3) is 4.80. The third-order valence-electron chi connectivity index (χ3n) is 4.78. The number of aryl methyl sites for hydroxylation is 1. The van der Waals surface area contributed by atoms with E-state index in [2.05, 4.69) is 17.8 Å². The van der Waals surface area contributed by atoms with E-state index in [-0.39, 0.29) is 17.9 Å². The number of carbonyl (C=O) groups excluding carboxylic acids is 2. The highest BCUT2D eigenvalue weighted by Gasteiger charge is 2.22. The molecule has 0 radical (unpaired) electrons. The van der Waals surface area contributed by atoms with Gasteiger partial charge in [0.05, 0.1) is 17.6 Å². The Morgan fingerprint density at radius 3 is 3.00 bits per heavy atom. The van der Waals surface area contributed by atoms with Gasteiger partial charge >= 0.3 is 0 Å². The van der Waals surface area contributed by atoms with Crippen molar-refractivity contribution in [3.63, 3.8) is 0 Å². The molecule has 1 aliphatic heterocycles. The largest absolute Gasteiger partial charge is 0.376 e. The van der Waals surface area contributed by atoms with Crippen LogP contribution in [0.3, 0.4) is 0 Å². The maximum absolute atomic E-state index is 12.3. The summed E-state index contributed by atoms with van der Waals surface area (Å²) in [6, 6.07) is 1.95. The van der Waals surface area contributed by atoms with Crippen LogP contribution in [0, 0.1) is 5.92 Å². The Morgan fingerprint density at radius 1 is 1.40 bits per heavy atom. The van der Waals surface area contributed by atoms with Crippen molar-refractivity contribution in [2.75, 3.05) is 13.2 Å². The molecule has 0 saturated carbocycles. The molecule has 25 heavy (non-hydrogen) atoms. The van der Waals surface area contributed by atoms with E-state index >= 15 is 0 Å². The highest BCUT2D eigenvalue weighted by atomic mass is 32.1. The minimum absolute atomic E-state index is 0.0738. The first-order chi connectivity index (χ1) is 12.0. The number of hydrazine groups is 1. The van der Waals surface area contributed by atoms with Crippen molar-refractivity contribution in [1.82, 2.24) is 10.9 Å². The van der Waals surface area contributed by atoms with Crippen molar-refractivity contribution in [3.05, 3.63) is 21.4 Å². The average molecular weight is 366 g/mol. The average Bonchev–Trinajstić information content (AvgIpc) is 3.25. The van der Waals surface area contributed by atoms with E-state index in [1.54, 1.807) is 6.92 Å². The van der Waals surface area contributed by atoms with Crippen LogP contribution in [0.2, 0.25) is 0 Å². The zero-order valence-corrected chi connectivity index (χ0v) is 15.6. The Morgan fingerprint density at radius 2 is 2.24 bits per heavy atom. The predicted octanol–water partition coefficient (Wildman–Crippen LogP) is 2.22. The van der Waals surface area contributed by atoms with Gasteiger partial charge in [-0.25, -0.2) is 0 Å². The molecule has 3 unspecified atom stereocenters. The van der Waals surface area contributed by atoms with Crippen molar-refractivity contribution in [2.45, 2.75) is 58.2 Å². The molecule has 0 bridgehead atoms.